The second kappa shape index (κ2) is 12.4. The molecule has 5 nitrogen and oxygen atoms in total. The van der Waals surface area contributed by atoms with E-state index in [0.717, 1.165) is 54.1 Å². The Bertz CT molecular complexity index is 1590. The first-order chi connectivity index (χ1) is 20.1. The van der Waals surface area contributed by atoms with E-state index < -0.39 is 0 Å². The summed E-state index contributed by atoms with van der Waals surface area (Å²) < 4.78 is 17.9. The molecule has 0 fully saturated rings. The molecule has 4 aromatic carbocycles. The third-order valence-corrected chi connectivity index (χ3v) is 7.46. The molecule has 7 rings (SSSR count). The van der Waals surface area contributed by atoms with Crippen LogP contribution in [0.2, 0.25) is 5.02 Å². The summed E-state index contributed by atoms with van der Waals surface area (Å²) in [5, 5.41) is 10.0. The predicted octanol–water partition coefficient (Wildman–Crippen LogP) is 9.05. The van der Waals surface area contributed by atoms with Crippen molar-refractivity contribution in [1.29, 1.82) is 0 Å². The highest BCUT2D eigenvalue weighted by Crippen LogP contribution is 2.38. The van der Waals surface area contributed by atoms with Crippen molar-refractivity contribution in [3.8, 4) is 28.9 Å². The minimum atomic E-state index is 0.114. The largest absolute Gasteiger partial charge is 0.508 e. The van der Waals surface area contributed by atoms with Crippen LogP contribution in [-0.4, -0.2) is 10.1 Å². The van der Waals surface area contributed by atoms with Gasteiger partial charge < -0.3 is 19.3 Å². The molecule has 6 heteroatoms. The normalized spacial score (nSPS) is 17.0. The number of hydrogen-bond acceptors (Lipinski definition) is 5. The minimum absolute atomic E-state index is 0.114. The van der Waals surface area contributed by atoms with Crippen LogP contribution in [0.5, 0.6) is 28.9 Å². The monoisotopic (exact) mass is 563 g/mol. The third kappa shape index (κ3) is 6.64. The summed E-state index contributed by atoms with van der Waals surface area (Å²) in [5.41, 5.74) is 4.69. The van der Waals surface area contributed by atoms with Gasteiger partial charge in [0.2, 0.25) is 5.88 Å². The maximum absolute atomic E-state index is 9.42. The number of hydrogen-bond donors (Lipinski definition) is 1. The van der Waals surface area contributed by atoms with Crippen molar-refractivity contribution in [2.75, 3.05) is 0 Å². The fourth-order valence-electron chi connectivity index (χ4n) is 5.15. The van der Waals surface area contributed by atoms with Crippen LogP contribution in [0.15, 0.2) is 115 Å². The summed E-state index contributed by atoms with van der Waals surface area (Å²) in [6, 6.07) is 35.3. The number of benzene rings is 4. The van der Waals surface area contributed by atoms with Crippen molar-refractivity contribution >= 4 is 11.6 Å². The van der Waals surface area contributed by atoms with Gasteiger partial charge in [0.05, 0.1) is 5.02 Å². The van der Waals surface area contributed by atoms with Crippen LogP contribution in [0, 0.1) is 0 Å². The number of halogens is 1. The first-order valence-corrected chi connectivity index (χ1v) is 14.2. The lowest BCUT2D eigenvalue weighted by molar-refractivity contribution is 0.176. The van der Waals surface area contributed by atoms with Gasteiger partial charge >= 0.3 is 0 Å². The van der Waals surface area contributed by atoms with Crippen molar-refractivity contribution in [2.24, 2.45) is 0 Å². The molecule has 41 heavy (non-hydrogen) atoms. The van der Waals surface area contributed by atoms with Gasteiger partial charge in [0.25, 0.3) is 0 Å². The molecule has 2 aliphatic rings. The smallest absolute Gasteiger partial charge is 0.219 e. The fraction of sp³-hybridized carbons (Fsp3) is 0.171. The molecule has 0 radical (unpaired) electrons. The van der Waals surface area contributed by atoms with Crippen LogP contribution >= 0.6 is 11.6 Å². The van der Waals surface area contributed by atoms with Gasteiger partial charge in [-0.2, -0.15) is 0 Å². The summed E-state index contributed by atoms with van der Waals surface area (Å²) in [7, 11) is 0. The van der Waals surface area contributed by atoms with E-state index in [9.17, 15) is 5.11 Å². The molecule has 3 heterocycles. The van der Waals surface area contributed by atoms with Gasteiger partial charge in [0, 0.05) is 12.3 Å². The van der Waals surface area contributed by atoms with Crippen LogP contribution in [0.4, 0.5) is 0 Å². The topological polar surface area (TPSA) is 60.8 Å². The molecule has 0 saturated carbocycles. The molecular weight excluding hydrogens is 534 g/mol. The second-order valence-corrected chi connectivity index (χ2v) is 10.5. The van der Waals surface area contributed by atoms with E-state index in [-0.39, 0.29) is 12.2 Å². The number of fused-ring (bicyclic) bond motifs is 2. The Kier molecular flexibility index (Phi) is 8.06. The lowest BCUT2D eigenvalue weighted by atomic mass is 9.97. The van der Waals surface area contributed by atoms with Gasteiger partial charge in [0.15, 0.2) is 0 Å². The van der Waals surface area contributed by atoms with Crippen LogP contribution in [0.25, 0.3) is 0 Å². The first-order valence-electron chi connectivity index (χ1n) is 13.8. The number of ether oxygens (including phenoxy) is 3. The highest BCUT2D eigenvalue weighted by atomic mass is 35.5. The quantitative estimate of drug-likeness (QED) is 0.236. The first kappa shape index (κ1) is 26.7. The van der Waals surface area contributed by atoms with Crippen LogP contribution < -0.4 is 14.2 Å². The van der Waals surface area contributed by atoms with E-state index in [2.05, 4.69) is 29.2 Å². The minimum Gasteiger partial charge on any atom is -0.508 e. The molecule has 1 aromatic heterocycles. The predicted molar refractivity (Wildman–Crippen MR) is 160 cm³/mol. The number of aromatic nitrogens is 1. The Morgan fingerprint density at radius 1 is 0.683 bits per heavy atom. The average molecular weight is 564 g/mol. The lowest BCUT2D eigenvalue weighted by Gasteiger charge is -2.26. The number of phenolic OH excluding ortho intramolecular Hbond substituents is 1. The third-order valence-electron chi connectivity index (χ3n) is 7.23. The summed E-state index contributed by atoms with van der Waals surface area (Å²) >= 11 is 5.84. The van der Waals surface area contributed by atoms with Crippen LogP contribution in [0.1, 0.15) is 47.3 Å². The van der Waals surface area contributed by atoms with Crippen molar-refractivity contribution in [3.05, 3.63) is 143 Å². The highest BCUT2D eigenvalue weighted by molar-refractivity contribution is 6.30. The lowest BCUT2D eigenvalue weighted by Crippen LogP contribution is -2.15. The Balaban J connectivity index is 0.000000156. The van der Waals surface area contributed by atoms with Gasteiger partial charge in [-0.1, -0.05) is 72.3 Å². The number of rotatable bonds is 4. The molecule has 0 saturated heterocycles. The molecule has 2 atom stereocenters. The number of aromatic hydroxyl groups is 1. The summed E-state index contributed by atoms with van der Waals surface area (Å²) in [6.45, 7) is 0. The zero-order valence-electron chi connectivity index (χ0n) is 22.4. The van der Waals surface area contributed by atoms with E-state index >= 15 is 0 Å². The van der Waals surface area contributed by atoms with Crippen molar-refractivity contribution in [2.45, 2.75) is 37.9 Å². The number of pyridine rings is 1. The molecule has 0 amide bonds. The summed E-state index contributed by atoms with van der Waals surface area (Å²) in [5.74, 6) is 3.41. The summed E-state index contributed by atoms with van der Waals surface area (Å²) in [6.07, 6.45) is 5.64. The second-order valence-electron chi connectivity index (χ2n) is 10.1. The van der Waals surface area contributed by atoms with Gasteiger partial charge in [-0.05, 0) is 90.4 Å². The Hall–Kier alpha value is -4.48. The van der Waals surface area contributed by atoms with Crippen molar-refractivity contribution < 1.29 is 19.3 Å². The van der Waals surface area contributed by atoms with Gasteiger partial charge in [-0.3, -0.25) is 0 Å². The number of aryl methyl sites for hydroxylation is 2. The Labute approximate surface area is 245 Å². The molecule has 2 aliphatic heterocycles. The molecule has 206 valence electrons. The SMILES string of the molecule is Clc1ccc(Oc2ccc3c(c2)CCC(c2ccccc2)O3)nc1.Oc1ccc2c(c1)CCC(c1ccccc1)O2. The summed E-state index contributed by atoms with van der Waals surface area (Å²) in [4.78, 5) is 4.15. The van der Waals surface area contributed by atoms with E-state index in [1.165, 1.54) is 11.1 Å². The molecule has 0 aliphatic carbocycles. The van der Waals surface area contributed by atoms with E-state index in [0.29, 0.717) is 16.7 Å². The molecule has 1 N–H and O–H groups in total. The number of phenols is 1. The average Bonchev–Trinajstić information content (AvgIpc) is 3.03. The Morgan fingerprint density at radius 3 is 1.85 bits per heavy atom. The number of nitrogens with zero attached hydrogens (tertiary/aromatic N) is 1. The molecular formula is C35H30ClNO4. The van der Waals surface area contributed by atoms with Crippen molar-refractivity contribution in [3.63, 3.8) is 0 Å². The van der Waals surface area contributed by atoms with E-state index in [1.54, 1.807) is 30.5 Å². The van der Waals surface area contributed by atoms with Crippen LogP contribution in [0.3, 0.4) is 0 Å². The maximum Gasteiger partial charge on any atom is 0.219 e. The molecule has 5 aromatic rings. The van der Waals surface area contributed by atoms with E-state index in [1.807, 2.05) is 60.7 Å². The van der Waals surface area contributed by atoms with Crippen LogP contribution in [-0.2, 0) is 12.8 Å². The molecule has 0 bridgehead atoms. The fourth-order valence-corrected chi connectivity index (χ4v) is 5.26. The van der Waals surface area contributed by atoms with Gasteiger partial charge in [0.1, 0.15) is 35.2 Å². The van der Waals surface area contributed by atoms with E-state index in [4.69, 9.17) is 25.8 Å². The molecule has 2 unspecified atom stereocenters. The van der Waals surface area contributed by atoms with Crippen molar-refractivity contribution in [1.82, 2.24) is 4.98 Å². The van der Waals surface area contributed by atoms with Gasteiger partial charge in [-0.15, -0.1) is 0 Å². The van der Waals surface area contributed by atoms with Gasteiger partial charge in [-0.25, -0.2) is 4.98 Å². The molecule has 0 spiro atoms. The highest BCUT2D eigenvalue weighted by Gasteiger charge is 2.22. The zero-order chi connectivity index (χ0) is 28.0. The maximum atomic E-state index is 9.42. The zero-order valence-corrected chi connectivity index (χ0v) is 23.2. The Morgan fingerprint density at radius 2 is 1.27 bits per heavy atom. The standard InChI is InChI=1S/C20H16ClNO2.C15H14O2/c21-16-7-11-20(22-13-16)23-17-8-10-19-15(12-17)6-9-18(24-19)14-4-2-1-3-5-14;16-13-7-9-15-12(10-13)6-8-14(17-15)11-4-2-1-3-5-11/h1-5,7-8,10-13,18H,6,9H2;1-5,7,9-10,14,16H,6,8H2.